The number of nitrogens with zero attached hydrogens (tertiary/aromatic N) is 1. The van der Waals surface area contributed by atoms with Gasteiger partial charge in [-0.3, -0.25) is 14.4 Å². The molecule has 0 aromatic heterocycles. The number of methoxy groups -OCH3 is 1. The van der Waals surface area contributed by atoms with Crippen LogP contribution in [0.5, 0.6) is 5.75 Å². The van der Waals surface area contributed by atoms with Crippen molar-refractivity contribution in [1.29, 1.82) is 0 Å². The van der Waals surface area contributed by atoms with Crippen LogP contribution in [0.25, 0.3) is 0 Å². The molecule has 1 aromatic rings. The molecular formula is C16H17F3N2O5. The molecule has 10 heteroatoms. The van der Waals surface area contributed by atoms with Gasteiger partial charge in [-0.2, -0.15) is 13.2 Å². The molecule has 1 heterocycles. The number of ether oxygens (including phenoxy) is 2. The molecule has 1 aliphatic rings. The van der Waals surface area contributed by atoms with Crippen LogP contribution in [0.1, 0.15) is 6.42 Å². The van der Waals surface area contributed by atoms with Crippen molar-refractivity contribution >= 4 is 23.5 Å². The minimum atomic E-state index is -4.55. The molecule has 1 atom stereocenters. The van der Waals surface area contributed by atoms with Crippen LogP contribution in [0.4, 0.5) is 18.9 Å². The molecule has 0 spiro atoms. The molecule has 1 aliphatic heterocycles. The van der Waals surface area contributed by atoms with Gasteiger partial charge in [-0.05, 0) is 12.1 Å². The smallest absolute Gasteiger partial charge is 0.405 e. The number of amides is 2. The highest BCUT2D eigenvalue weighted by Gasteiger charge is 2.36. The lowest BCUT2D eigenvalue weighted by molar-refractivity contribution is -0.154. The Kier molecular flexibility index (Phi) is 6.06. The topological polar surface area (TPSA) is 84.9 Å². The Labute approximate surface area is 147 Å². The van der Waals surface area contributed by atoms with E-state index in [9.17, 15) is 27.6 Å². The van der Waals surface area contributed by atoms with Crippen LogP contribution in [0.3, 0.4) is 0 Å². The predicted molar refractivity (Wildman–Crippen MR) is 83.5 cm³/mol. The van der Waals surface area contributed by atoms with Crippen LogP contribution in [-0.2, 0) is 19.1 Å². The number of esters is 1. The van der Waals surface area contributed by atoms with Gasteiger partial charge in [0.25, 0.3) is 5.91 Å². The average molecular weight is 374 g/mol. The number of rotatable bonds is 6. The zero-order valence-electron chi connectivity index (χ0n) is 13.8. The SMILES string of the molecule is COc1cccc(N2CC(C(=O)OCC(=O)NCC(F)(F)F)CC2=O)c1. The van der Waals surface area contributed by atoms with Crippen molar-refractivity contribution in [1.82, 2.24) is 5.32 Å². The average Bonchev–Trinajstić information content (AvgIpc) is 2.99. The number of alkyl halides is 3. The first kappa shape index (κ1) is 19.5. The molecule has 7 nitrogen and oxygen atoms in total. The summed E-state index contributed by atoms with van der Waals surface area (Å²) >= 11 is 0. The third-order valence-corrected chi connectivity index (χ3v) is 3.65. The lowest BCUT2D eigenvalue weighted by atomic mass is 10.1. The van der Waals surface area contributed by atoms with Crippen LogP contribution in [0.2, 0.25) is 0 Å². The Hall–Kier alpha value is -2.78. The fourth-order valence-electron chi connectivity index (χ4n) is 2.40. The van der Waals surface area contributed by atoms with Crippen LogP contribution < -0.4 is 15.0 Å². The van der Waals surface area contributed by atoms with E-state index in [1.165, 1.54) is 12.0 Å². The molecule has 1 unspecified atom stereocenters. The molecular weight excluding hydrogens is 357 g/mol. The maximum Gasteiger partial charge on any atom is 0.405 e. The van der Waals surface area contributed by atoms with Gasteiger partial charge < -0.3 is 19.7 Å². The van der Waals surface area contributed by atoms with E-state index in [0.717, 1.165) is 0 Å². The Balaban J connectivity index is 1.87. The molecule has 0 bridgehead atoms. The number of carbonyl (C=O) groups is 3. The van der Waals surface area contributed by atoms with E-state index in [4.69, 9.17) is 9.47 Å². The minimum absolute atomic E-state index is 0.0506. The zero-order valence-corrected chi connectivity index (χ0v) is 13.8. The molecule has 1 aromatic carbocycles. The Bertz CT molecular complexity index is 693. The maximum absolute atomic E-state index is 12.1. The Morgan fingerprint density at radius 3 is 2.73 bits per heavy atom. The maximum atomic E-state index is 12.1. The van der Waals surface area contributed by atoms with Crippen molar-refractivity contribution in [3.63, 3.8) is 0 Å². The van der Waals surface area contributed by atoms with Crippen molar-refractivity contribution < 1.29 is 37.0 Å². The summed E-state index contributed by atoms with van der Waals surface area (Å²) < 4.78 is 45.8. The molecule has 0 aliphatic carbocycles. The van der Waals surface area contributed by atoms with Gasteiger partial charge in [0, 0.05) is 24.7 Å². The van der Waals surface area contributed by atoms with Crippen LogP contribution in [0, 0.1) is 5.92 Å². The predicted octanol–water partition coefficient (Wildman–Crippen LogP) is 1.27. The molecule has 2 amide bonds. The van der Waals surface area contributed by atoms with E-state index in [0.29, 0.717) is 11.4 Å². The molecule has 1 N–H and O–H groups in total. The van der Waals surface area contributed by atoms with Crippen molar-refractivity contribution in [3.05, 3.63) is 24.3 Å². The first-order valence-corrected chi connectivity index (χ1v) is 7.64. The van der Waals surface area contributed by atoms with Crippen LogP contribution in [0.15, 0.2) is 24.3 Å². The summed E-state index contributed by atoms with van der Waals surface area (Å²) in [4.78, 5) is 36.7. The summed E-state index contributed by atoms with van der Waals surface area (Å²) in [6.07, 6.45) is -4.66. The fraction of sp³-hybridized carbons (Fsp3) is 0.438. The van der Waals surface area contributed by atoms with Gasteiger partial charge in [0.2, 0.25) is 5.91 Å². The second-order valence-corrected chi connectivity index (χ2v) is 5.61. The largest absolute Gasteiger partial charge is 0.497 e. The quantitative estimate of drug-likeness (QED) is 0.758. The van der Waals surface area contributed by atoms with Crippen LogP contribution in [-0.4, -0.2) is 50.8 Å². The van der Waals surface area contributed by atoms with Crippen molar-refractivity contribution in [3.8, 4) is 5.75 Å². The van der Waals surface area contributed by atoms with Gasteiger partial charge >= 0.3 is 12.1 Å². The summed E-state index contributed by atoms with van der Waals surface area (Å²) in [5.74, 6) is -2.44. The summed E-state index contributed by atoms with van der Waals surface area (Å²) in [6, 6.07) is 6.71. The Morgan fingerprint density at radius 2 is 2.08 bits per heavy atom. The summed E-state index contributed by atoms with van der Waals surface area (Å²) in [7, 11) is 1.48. The number of halogens is 3. The molecule has 26 heavy (non-hydrogen) atoms. The number of benzene rings is 1. The third kappa shape index (κ3) is 5.36. The van der Waals surface area contributed by atoms with Gasteiger partial charge in [-0.15, -0.1) is 0 Å². The minimum Gasteiger partial charge on any atom is -0.497 e. The van der Waals surface area contributed by atoms with E-state index >= 15 is 0 Å². The van der Waals surface area contributed by atoms with E-state index in [1.807, 2.05) is 0 Å². The van der Waals surface area contributed by atoms with E-state index in [-0.39, 0.29) is 18.9 Å². The zero-order chi connectivity index (χ0) is 19.3. The Morgan fingerprint density at radius 1 is 1.35 bits per heavy atom. The number of nitrogens with one attached hydrogen (secondary N) is 1. The number of hydrogen-bond donors (Lipinski definition) is 1. The van der Waals surface area contributed by atoms with Crippen LogP contribution >= 0.6 is 0 Å². The second-order valence-electron chi connectivity index (χ2n) is 5.61. The number of hydrogen-bond acceptors (Lipinski definition) is 5. The monoisotopic (exact) mass is 374 g/mol. The first-order chi connectivity index (χ1) is 12.2. The van der Waals surface area contributed by atoms with Gasteiger partial charge in [-0.25, -0.2) is 0 Å². The van der Waals surface area contributed by atoms with Gasteiger partial charge in [0.15, 0.2) is 6.61 Å². The molecule has 1 saturated heterocycles. The normalized spacial score (nSPS) is 17.2. The summed E-state index contributed by atoms with van der Waals surface area (Å²) in [6.45, 7) is -2.29. The lowest BCUT2D eigenvalue weighted by Gasteiger charge is -2.17. The second kappa shape index (κ2) is 8.07. The van der Waals surface area contributed by atoms with E-state index in [2.05, 4.69) is 0 Å². The molecule has 0 radical (unpaired) electrons. The summed E-state index contributed by atoms with van der Waals surface area (Å²) in [5.41, 5.74) is 0.549. The van der Waals surface area contributed by atoms with Gasteiger partial charge in [0.1, 0.15) is 12.3 Å². The molecule has 0 saturated carbocycles. The highest BCUT2D eigenvalue weighted by molar-refractivity contribution is 5.99. The lowest BCUT2D eigenvalue weighted by Crippen LogP contribution is -2.37. The van der Waals surface area contributed by atoms with Gasteiger partial charge in [-0.1, -0.05) is 6.07 Å². The van der Waals surface area contributed by atoms with E-state index < -0.39 is 37.1 Å². The molecule has 1 fully saturated rings. The van der Waals surface area contributed by atoms with Crippen molar-refractivity contribution in [2.75, 3.05) is 31.7 Å². The van der Waals surface area contributed by atoms with Gasteiger partial charge in [0.05, 0.1) is 13.0 Å². The molecule has 2 rings (SSSR count). The summed E-state index contributed by atoms with van der Waals surface area (Å²) in [5, 5.41) is 1.59. The third-order valence-electron chi connectivity index (χ3n) is 3.65. The standard InChI is InChI=1S/C16H17F3N2O5/c1-25-12-4-2-3-11(6-12)21-7-10(5-14(21)23)15(24)26-8-13(22)20-9-16(17,18)19/h2-4,6,10H,5,7-9H2,1H3,(H,20,22). The highest BCUT2D eigenvalue weighted by atomic mass is 19.4. The number of carbonyl (C=O) groups excluding carboxylic acids is 3. The number of anilines is 1. The van der Waals surface area contributed by atoms with E-state index in [1.54, 1.807) is 29.6 Å². The van der Waals surface area contributed by atoms with Crippen molar-refractivity contribution in [2.45, 2.75) is 12.6 Å². The first-order valence-electron chi connectivity index (χ1n) is 7.64. The highest BCUT2D eigenvalue weighted by Crippen LogP contribution is 2.28. The van der Waals surface area contributed by atoms with Crippen molar-refractivity contribution in [2.24, 2.45) is 5.92 Å². The fourth-order valence-corrected chi connectivity index (χ4v) is 2.40. The molecule has 142 valence electrons.